The molecule has 8 heteroatoms. The molecule has 0 fully saturated rings. The van der Waals surface area contributed by atoms with E-state index in [9.17, 15) is 9.59 Å². The number of halogens is 2. The van der Waals surface area contributed by atoms with Crippen LogP contribution < -0.4 is 15.5 Å². The van der Waals surface area contributed by atoms with E-state index >= 15 is 0 Å². The molecule has 0 spiro atoms. The molecule has 0 aromatic heterocycles. The largest absolute Gasteiger partial charge is 0.492 e. The van der Waals surface area contributed by atoms with Gasteiger partial charge < -0.3 is 10.1 Å². The molecule has 2 N–H and O–H groups in total. The van der Waals surface area contributed by atoms with Crippen LogP contribution in [0, 0.1) is 0 Å². The molecule has 6 nitrogen and oxygen atoms in total. The molecule has 26 heavy (non-hydrogen) atoms. The van der Waals surface area contributed by atoms with Crippen LogP contribution in [0.15, 0.2) is 50.4 Å². The summed E-state index contributed by atoms with van der Waals surface area (Å²) < 4.78 is 7.25. The third-order valence-corrected chi connectivity index (χ3v) is 4.21. The molecule has 0 aliphatic carbocycles. The Morgan fingerprint density at radius 2 is 1.88 bits per heavy atom. The van der Waals surface area contributed by atoms with Crippen LogP contribution in [0.3, 0.4) is 0 Å². The average Bonchev–Trinajstić information content (AvgIpc) is 2.58. The van der Waals surface area contributed by atoms with Crippen LogP contribution in [0.25, 0.3) is 0 Å². The maximum Gasteiger partial charge on any atom is 0.271 e. The lowest BCUT2D eigenvalue weighted by Gasteiger charge is -2.10. The number of rotatable bonds is 6. The molecule has 2 aromatic carbocycles. The monoisotopic (exact) mass is 481 g/mol. The van der Waals surface area contributed by atoms with Gasteiger partial charge in [0.15, 0.2) is 0 Å². The molecule has 0 aliphatic heterocycles. The lowest BCUT2D eigenvalue weighted by Crippen LogP contribution is -2.17. The highest BCUT2D eigenvalue weighted by Gasteiger charge is 2.09. The van der Waals surface area contributed by atoms with Gasteiger partial charge in [-0.25, -0.2) is 5.43 Å². The molecule has 2 aromatic rings. The van der Waals surface area contributed by atoms with Gasteiger partial charge in [0.05, 0.1) is 17.3 Å². The number of nitrogens with one attached hydrogen (secondary N) is 2. The summed E-state index contributed by atoms with van der Waals surface area (Å²) in [5.74, 6) is 0.119. The quantitative estimate of drug-likeness (QED) is 0.475. The van der Waals surface area contributed by atoms with Gasteiger partial charge in [0.2, 0.25) is 5.91 Å². The highest BCUT2D eigenvalue weighted by Crippen LogP contribution is 2.32. The Hall–Kier alpha value is -2.19. The molecule has 0 unspecified atom stereocenters. The fourth-order valence-corrected chi connectivity index (χ4v) is 3.48. The Bertz CT molecular complexity index is 836. The van der Waals surface area contributed by atoms with E-state index in [-0.39, 0.29) is 11.8 Å². The minimum absolute atomic E-state index is 0.169. The second kappa shape index (κ2) is 9.49. The van der Waals surface area contributed by atoms with Crippen molar-refractivity contribution in [3.63, 3.8) is 0 Å². The number of benzene rings is 2. The van der Waals surface area contributed by atoms with Crippen LogP contribution in [0.1, 0.15) is 29.8 Å². The molecular formula is C18H17Br2N3O3. The summed E-state index contributed by atoms with van der Waals surface area (Å²) in [4.78, 5) is 23.2. The fourth-order valence-electron chi connectivity index (χ4n) is 2.11. The zero-order valence-electron chi connectivity index (χ0n) is 14.2. The first kappa shape index (κ1) is 20.1. The summed E-state index contributed by atoms with van der Waals surface area (Å²) in [6.07, 6.45) is 1.52. The topological polar surface area (TPSA) is 79.8 Å². The van der Waals surface area contributed by atoms with E-state index in [1.165, 1.54) is 13.1 Å². The van der Waals surface area contributed by atoms with Crippen LogP contribution >= 0.6 is 31.9 Å². The van der Waals surface area contributed by atoms with E-state index in [0.717, 1.165) is 14.5 Å². The van der Waals surface area contributed by atoms with Crippen LogP contribution in [-0.2, 0) is 4.79 Å². The summed E-state index contributed by atoms with van der Waals surface area (Å²) in [5.41, 5.74) is 4.24. The number of amides is 2. The number of carbonyl (C=O) groups excluding carboxylic acids is 2. The van der Waals surface area contributed by atoms with Crippen LogP contribution in [0.5, 0.6) is 5.75 Å². The first-order valence-corrected chi connectivity index (χ1v) is 9.32. The molecule has 2 amide bonds. The second-order valence-corrected chi connectivity index (χ2v) is 6.97. The average molecular weight is 483 g/mol. The molecule has 0 aliphatic rings. The van der Waals surface area contributed by atoms with Gasteiger partial charge in [0, 0.05) is 28.2 Å². The summed E-state index contributed by atoms with van der Waals surface area (Å²) >= 11 is 6.86. The smallest absolute Gasteiger partial charge is 0.271 e. The van der Waals surface area contributed by atoms with Crippen molar-refractivity contribution in [1.82, 2.24) is 5.43 Å². The Morgan fingerprint density at radius 1 is 1.19 bits per heavy atom. The number of hydrazone groups is 1. The van der Waals surface area contributed by atoms with Gasteiger partial charge in [0.1, 0.15) is 5.75 Å². The molecule has 136 valence electrons. The van der Waals surface area contributed by atoms with E-state index in [1.807, 2.05) is 19.1 Å². The summed E-state index contributed by atoms with van der Waals surface area (Å²) in [7, 11) is 0. The minimum atomic E-state index is -0.359. The zero-order valence-corrected chi connectivity index (χ0v) is 17.3. The Morgan fingerprint density at radius 3 is 2.50 bits per heavy atom. The van der Waals surface area contributed by atoms with Crippen LogP contribution in [0.2, 0.25) is 0 Å². The molecular weight excluding hydrogens is 466 g/mol. The number of anilines is 1. The fraction of sp³-hybridized carbons (Fsp3) is 0.167. The van der Waals surface area contributed by atoms with Crippen molar-refractivity contribution in [3.05, 3.63) is 56.5 Å². The third kappa shape index (κ3) is 5.67. The molecule has 0 saturated carbocycles. The van der Waals surface area contributed by atoms with Gasteiger partial charge in [-0.2, -0.15) is 5.10 Å². The van der Waals surface area contributed by atoms with Gasteiger partial charge in [-0.15, -0.1) is 0 Å². The summed E-state index contributed by atoms with van der Waals surface area (Å²) in [6, 6.07) is 10.2. The number of carbonyl (C=O) groups is 2. The van der Waals surface area contributed by atoms with Crippen LogP contribution in [0.4, 0.5) is 5.69 Å². The SMILES string of the molecule is CCOc1c(Br)cc(Br)cc1/C=N\NC(=O)c1ccc(NC(C)=O)cc1. The highest BCUT2D eigenvalue weighted by molar-refractivity contribution is 9.11. The maximum absolute atomic E-state index is 12.2. The summed E-state index contributed by atoms with van der Waals surface area (Å²) in [6.45, 7) is 3.82. The van der Waals surface area contributed by atoms with Gasteiger partial charge >= 0.3 is 0 Å². The zero-order chi connectivity index (χ0) is 19.1. The molecule has 0 saturated heterocycles. The van der Waals surface area contributed by atoms with E-state index in [4.69, 9.17) is 4.74 Å². The predicted molar refractivity (Wildman–Crippen MR) is 109 cm³/mol. The van der Waals surface area contributed by atoms with Crippen molar-refractivity contribution >= 4 is 55.6 Å². The molecule has 0 atom stereocenters. The van der Waals surface area contributed by atoms with Gasteiger partial charge in [0.25, 0.3) is 5.91 Å². The first-order valence-electron chi connectivity index (χ1n) is 7.73. The Labute approximate surface area is 168 Å². The van der Waals surface area contributed by atoms with Gasteiger partial charge in [-0.3, -0.25) is 9.59 Å². The van der Waals surface area contributed by atoms with Crippen molar-refractivity contribution < 1.29 is 14.3 Å². The van der Waals surface area contributed by atoms with E-state index in [1.54, 1.807) is 24.3 Å². The maximum atomic E-state index is 12.2. The van der Waals surface area contributed by atoms with Crippen molar-refractivity contribution in [3.8, 4) is 5.75 Å². The first-order chi connectivity index (χ1) is 12.4. The normalized spacial score (nSPS) is 10.6. The number of nitrogens with zero attached hydrogens (tertiary/aromatic N) is 1. The van der Waals surface area contributed by atoms with E-state index in [2.05, 4.69) is 47.7 Å². The number of hydrogen-bond donors (Lipinski definition) is 2. The molecule has 0 radical (unpaired) electrons. The highest BCUT2D eigenvalue weighted by atomic mass is 79.9. The standard InChI is InChI=1S/C18H17Br2N3O3/c1-3-26-17-13(8-14(19)9-16(17)20)10-21-23-18(25)12-4-6-15(7-5-12)22-11(2)24/h4-10H,3H2,1-2H3,(H,22,24)(H,23,25)/b21-10-. The number of ether oxygens (including phenoxy) is 1. The van der Waals surface area contributed by atoms with Crippen LogP contribution in [-0.4, -0.2) is 24.6 Å². The van der Waals surface area contributed by atoms with Gasteiger partial charge in [-0.05, 0) is 59.3 Å². The van der Waals surface area contributed by atoms with Crippen molar-refractivity contribution in [2.45, 2.75) is 13.8 Å². The molecule has 0 bridgehead atoms. The van der Waals surface area contributed by atoms with Crippen molar-refractivity contribution in [2.24, 2.45) is 5.10 Å². The third-order valence-electron chi connectivity index (χ3n) is 3.16. The second-order valence-electron chi connectivity index (χ2n) is 5.20. The molecule has 2 rings (SSSR count). The minimum Gasteiger partial charge on any atom is -0.492 e. The van der Waals surface area contributed by atoms with E-state index in [0.29, 0.717) is 23.6 Å². The van der Waals surface area contributed by atoms with Crippen molar-refractivity contribution in [1.29, 1.82) is 0 Å². The van der Waals surface area contributed by atoms with Crippen molar-refractivity contribution in [2.75, 3.05) is 11.9 Å². The van der Waals surface area contributed by atoms with Gasteiger partial charge in [-0.1, -0.05) is 15.9 Å². The summed E-state index contributed by atoms with van der Waals surface area (Å²) in [5, 5.41) is 6.64. The lowest BCUT2D eigenvalue weighted by atomic mass is 10.2. The molecule has 0 heterocycles. The Balaban J connectivity index is 2.08. The lowest BCUT2D eigenvalue weighted by molar-refractivity contribution is -0.114. The number of hydrogen-bond acceptors (Lipinski definition) is 4. The Kier molecular flexibility index (Phi) is 7.35. The predicted octanol–water partition coefficient (Wildman–Crippen LogP) is 4.33. The van der Waals surface area contributed by atoms with E-state index < -0.39 is 0 Å².